The highest BCUT2D eigenvalue weighted by Crippen LogP contribution is 2.43. The van der Waals surface area contributed by atoms with Gasteiger partial charge in [0.1, 0.15) is 0 Å². The molecule has 1 heterocycles. The molecule has 1 aromatic heterocycles. The van der Waals surface area contributed by atoms with E-state index in [-0.39, 0.29) is 5.56 Å². The molecule has 1 saturated carbocycles. The van der Waals surface area contributed by atoms with Gasteiger partial charge in [0, 0.05) is 46.1 Å². The third kappa shape index (κ3) is 5.94. The van der Waals surface area contributed by atoms with Gasteiger partial charge in [-0.15, -0.1) is 0 Å². The van der Waals surface area contributed by atoms with Gasteiger partial charge in [0.2, 0.25) is 0 Å². The molecule has 0 aliphatic heterocycles. The van der Waals surface area contributed by atoms with Gasteiger partial charge in [-0.2, -0.15) is 0 Å². The van der Waals surface area contributed by atoms with Crippen LogP contribution < -0.4 is 16.2 Å². The number of hydrogen-bond acceptors (Lipinski definition) is 3. The van der Waals surface area contributed by atoms with Crippen LogP contribution in [-0.4, -0.2) is 37.8 Å². The van der Waals surface area contributed by atoms with E-state index in [0.717, 1.165) is 31.1 Å². The first-order chi connectivity index (χ1) is 14.1. The Kier molecular flexibility index (Phi) is 7.47. The van der Waals surface area contributed by atoms with Gasteiger partial charge in [0.15, 0.2) is 5.96 Å². The second kappa shape index (κ2) is 10.3. The summed E-state index contributed by atoms with van der Waals surface area (Å²) in [5.41, 5.74) is 2.65. The number of guanidine groups is 1. The van der Waals surface area contributed by atoms with E-state index < -0.39 is 0 Å². The molecule has 0 spiro atoms. The number of rotatable bonds is 9. The maximum atomic E-state index is 11.8. The van der Waals surface area contributed by atoms with Crippen molar-refractivity contribution in [3.05, 3.63) is 70.1 Å². The molecule has 0 saturated heterocycles. The highest BCUT2D eigenvalue weighted by atomic mass is 16.5. The van der Waals surface area contributed by atoms with Crippen molar-refractivity contribution in [3.8, 4) is 0 Å². The van der Waals surface area contributed by atoms with Crippen LogP contribution in [0.5, 0.6) is 0 Å². The molecule has 0 radical (unpaired) electrons. The van der Waals surface area contributed by atoms with E-state index in [2.05, 4.69) is 39.9 Å². The van der Waals surface area contributed by atoms with E-state index in [0.29, 0.717) is 18.5 Å². The molecule has 0 unspecified atom stereocenters. The summed E-state index contributed by atoms with van der Waals surface area (Å²) in [5, 5.41) is 6.88. The normalized spacial score (nSPS) is 15.6. The predicted molar refractivity (Wildman–Crippen MR) is 117 cm³/mol. The van der Waals surface area contributed by atoms with E-state index in [4.69, 9.17) is 4.74 Å². The minimum Gasteiger partial charge on any atom is -0.385 e. The Labute approximate surface area is 173 Å². The van der Waals surface area contributed by atoms with Crippen molar-refractivity contribution in [2.75, 3.05) is 27.3 Å². The molecule has 2 N–H and O–H groups in total. The number of benzene rings is 1. The fourth-order valence-corrected chi connectivity index (χ4v) is 3.74. The highest BCUT2D eigenvalue weighted by Gasteiger charge is 2.36. The fourth-order valence-electron chi connectivity index (χ4n) is 3.74. The van der Waals surface area contributed by atoms with Gasteiger partial charge in [-0.05, 0) is 41.9 Å². The van der Waals surface area contributed by atoms with E-state index in [1.807, 2.05) is 12.3 Å². The minimum atomic E-state index is 0.0165. The number of hydrogen-bond donors (Lipinski definition) is 2. The van der Waals surface area contributed by atoms with Crippen molar-refractivity contribution >= 4 is 5.96 Å². The van der Waals surface area contributed by atoms with E-state index in [1.165, 1.54) is 24.8 Å². The Morgan fingerprint density at radius 2 is 1.90 bits per heavy atom. The lowest BCUT2D eigenvalue weighted by Crippen LogP contribution is -2.46. The molecule has 156 valence electrons. The zero-order chi connectivity index (χ0) is 20.5. The van der Waals surface area contributed by atoms with Crippen LogP contribution in [0.1, 0.15) is 36.8 Å². The largest absolute Gasteiger partial charge is 0.385 e. The fraction of sp³-hybridized carbons (Fsp3) is 0.478. The topological polar surface area (TPSA) is 67.7 Å². The SMILES string of the molecule is CN=C(NCc1ccc(Cn2ccccc2=O)cc1)NCC1(CCOC)CCC1. The van der Waals surface area contributed by atoms with Gasteiger partial charge in [-0.3, -0.25) is 9.79 Å². The summed E-state index contributed by atoms with van der Waals surface area (Å²) in [6.45, 7) is 3.03. The van der Waals surface area contributed by atoms with Crippen molar-refractivity contribution in [3.63, 3.8) is 0 Å². The summed E-state index contributed by atoms with van der Waals surface area (Å²) in [5.74, 6) is 0.827. The molecule has 29 heavy (non-hydrogen) atoms. The van der Waals surface area contributed by atoms with E-state index in [1.54, 1.807) is 30.9 Å². The second-order valence-electron chi connectivity index (χ2n) is 7.86. The standard InChI is InChI=1S/C23H32N4O2/c1-24-22(26-18-23(11-5-12-23)13-15-29-2)25-16-19-7-9-20(10-8-19)17-27-14-4-3-6-21(27)28/h3-4,6-10,14H,5,11-13,15-18H2,1-2H3,(H2,24,25,26). The maximum Gasteiger partial charge on any atom is 0.250 e. The van der Waals surface area contributed by atoms with Crippen LogP contribution in [0.25, 0.3) is 0 Å². The van der Waals surface area contributed by atoms with E-state index in [9.17, 15) is 4.79 Å². The molecule has 0 bridgehead atoms. The maximum absolute atomic E-state index is 11.8. The van der Waals surface area contributed by atoms with Gasteiger partial charge >= 0.3 is 0 Å². The lowest BCUT2D eigenvalue weighted by molar-refractivity contribution is 0.0732. The number of methoxy groups -OCH3 is 1. The summed E-state index contributed by atoms with van der Waals surface area (Å²) in [7, 11) is 3.57. The molecule has 3 rings (SSSR count). The third-order valence-electron chi connectivity index (χ3n) is 5.84. The summed E-state index contributed by atoms with van der Waals surface area (Å²) < 4.78 is 6.98. The number of nitrogens with zero attached hydrogens (tertiary/aromatic N) is 2. The van der Waals surface area contributed by atoms with Crippen LogP contribution in [0.4, 0.5) is 0 Å². The number of nitrogens with one attached hydrogen (secondary N) is 2. The summed E-state index contributed by atoms with van der Waals surface area (Å²) in [4.78, 5) is 16.2. The van der Waals surface area contributed by atoms with Crippen LogP contribution in [0.2, 0.25) is 0 Å². The second-order valence-corrected chi connectivity index (χ2v) is 7.86. The van der Waals surface area contributed by atoms with Crippen LogP contribution in [0, 0.1) is 5.41 Å². The Morgan fingerprint density at radius 1 is 1.14 bits per heavy atom. The average molecular weight is 397 g/mol. The Hall–Kier alpha value is -2.60. The third-order valence-corrected chi connectivity index (χ3v) is 5.84. The van der Waals surface area contributed by atoms with Crippen LogP contribution in [0.15, 0.2) is 58.4 Å². The number of pyridine rings is 1. The van der Waals surface area contributed by atoms with Crippen molar-refractivity contribution in [1.29, 1.82) is 0 Å². The summed E-state index contributed by atoms with van der Waals surface area (Å²) in [6, 6.07) is 13.5. The first-order valence-corrected chi connectivity index (χ1v) is 10.3. The molecule has 1 fully saturated rings. The molecular formula is C23H32N4O2. The van der Waals surface area contributed by atoms with Gasteiger partial charge in [0.25, 0.3) is 5.56 Å². The van der Waals surface area contributed by atoms with Crippen molar-refractivity contribution < 1.29 is 4.74 Å². The van der Waals surface area contributed by atoms with Gasteiger partial charge in [0.05, 0.1) is 6.54 Å². The van der Waals surface area contributed by atoms with Crippen LogP contribution in [0.3, 0.4) is 0 Å². The molecule has 0 amide bonds. The van der Waals surface area contributed by atoms with Crippen LogP contribution >= 0.6 is 0 Å². The average Bonchev–Trinajstić information content (AvgIpc) is 2.72. The Bertz CT molecular complexity index is 854. The molecule has 6 nitrogen and oxygen atoms in total. The molecule has 1 aromatic carbocycles. The number of ether oxygens (including phenoxy) is 1. The summed E-state index contributed by atoms with van der Waals surface area (Å²) in [6.07, 6.45) is 6.73. The zero-order valence-corrected chi connectivity index (χ0v) is 17.5. The van der Waals surface area contributed by atoms with Gasteiger partial charge < -0.3 is 19.9 Å². The Morgan fingerprint density at radius 3 is 2.52 bits per heavy atom. The lowest BCUT2D eigenvalue weighted by atomic mass is 9.67. The molecule has 1 aliphatic rings. The zero-order valence-electron chi connectivity index (χ0n) is 17.5. The number of aromatic nitrogens is 1. The van der Waals surface area contributed by atoms with Gasteiger partial charge in [-0.1, -0.05) is 36.8 Å². The van der Waals surface area contributed by atoms with Gasteiger partial charge in [-0.25, -0.2) is 0 Å². The monoisotopic (exact) mass is 396 g/mol. The quantitative estimate of drug-likeness (QED) is 0.505. The number of aliphatic imine (C=N–C) groups is 1. The minimum absolute atomic E-state index is 0.0165. The highest BCUT2D eigenvalue weighted by molar-refractivity contribution is 5.79. The predicted octanol–water partition coefficient (Wildman–Crippen LogP) is 2.77. The lowest BCUT2D eigenvalue weighted by Gasteiger charge is -2.42. The summed E-state index contributed by atoms with van der Waals surface area (Å²) >= 11 is 0. The smallest absolute Gasteiger partial charge is 0.250 e. The van der Waals surface area contributed by atoms with Crippen LogP contribution in [-0.2, 0) is 17.8 Å². The molecule has 2 aromatic rings. The first-order valence-electron chi connectivity index (χ1n) is 10.3. The van der Waals surface area contributed by atoms with Crippen molar-refractivity contribution in [2.45, 2.75) is 38.8 Å². The van der Waals surface area contributed by atoms with Crippen molar-refractivity contribution in [1.82, 2.24) is 15.2 Å². The van der Waals surface area contributed by atoms with E-state index >= 15 is 0 Å². The molecular weight excluding hydrogens is 364 g/mol. The molecule has 1 aliphatic carbocycles. The molecule has 6 heteroatoms. The molecule has 0 atom stereocenters. The van der Waals surface area contributed by atoms with Crippen molar-refractivity contribution in [2.24, 2.45) is 10.4 Å². The Balaban J connectivity index is 1.48. The first kappa shape index (κ1) is 21.1.